The summed E-state index contributed by atoms with van der Waals surface area (Å²) in [5.41, 5.74) is 14.1. The highest BCUT2D eigenvalue weighted by Crippen LogP contribution is 2.56. The van der Waals surface area contributed by atoms with Crippen LogP contribution in [0.4, 0.5) is 0 Å². The van der Waals surface area contributed by atoms with Gasteiger partial charge in [0.1, 0.15) is 46.5 Å². The highest BCUT2D eigenvalue weighted by molar-refractivity contribution is 7.34. The fourth-order valence-electron chi connectivity index (χ4n) is 18.4. The number of carbonyl (C=O) groups excluding carboxylic acids is 2. The van der Waals surface area contributed by atoms with Gasteiger partial charge in [0.05, 0.1) is 62.0 Å². The molecule has 0 N–H and O–H groups in total. The molecule has 115 heavy (non-hydrogen) atoms. The summed E-state index contributed by atoms with van der Waals surface area (Å²) in [6.07, 6.45) is 66.5. The predicted molar refractivity (Wildman–Crippen MR) is 500 cm³/mol. The molecule has 2 aliphatic rings. The van der Waals surface area contributed by atoms with Crippen LogP contribution in [0.2, 0.25) is 0 Å². The number of hydrogen-bond acceptors (Lipinski definition) is 15. The van der Waals surface area contributed by atoms with Crippen molar-refractivity contribution in [2.75, 3.05) is 0 Å². The van der Waals surface area contributed by atoms with Gasteiger partial charge in [-0.25, -0.2) is 0 Å². The summed E-state index contributed by atoms with van der Waals surface area (Å²) in [6, 6.07) is 8.54. The van der Waals surface area contributed by atoms with Gasteiger partial charge in [0.25, 0.3) is 0 Å². The summed E-state index contributed by atoms with van der Waals surface area (Å²) in [4.78, 5) is 31.1. The smallest absolute Gasteiger partial charge is 0.195 e. The molecule has 0 aliphatic heterocycles. The van der Waals surface area contributed by atoms with Crippen molar-refractivity contribution in [3.8, 4) is 24.3 Å². The Bertz CT molecular complexity index is 5010. The molecule has 0 spiro atoms. The summed E-state index contributed by atoms with van der Waals surface area (Å²) in [5, 5.41) is 51.3. The van der Waals surface area contributed by atoms with Gasteiger partial charge in [0, 0.05) is 88.9 Å². The maximum atomic E-state index is 14.3. The van der Waals surface area contributed by atoms with E-state index in [4.69, 9.17) is 8.75 Å². The van der Waals surface area contributed by atoms with E-state index in [-0.39, 0.29) is 22.7 Å². The van der Waals surface area contributed by atoms with E-state index in [1.165, 1.54) is 360 Å². The lowest BCUT2D eigenvalue weighted by Gasteiger charge is -2.17. The molecule has 1 aromatic carbocycles. The van der Waals surface area contributed by atoms with Gasteiger partial charge in [-0.05, 0) is 71.6 Å². The van der Waals surface area contributed by atoms with Crippen LogP contribution in [0.15, 0.2) is 68.1 Å². The number of aromatic nitrogens is 4. The Kier molecular flexibility index (Phi) is 34.0. The summed E-state index contributed by atoms with van der Waals surface area (Å²) in [6.45, 7) is 15.6. The van der Waals surface area contributed by atoms with Gasteiger partial charge in [-0.3, -0.25) is 9.59 Å². The second-order valence-electron chi connectivity index (χ2n) is 33.0. The lowest BCUT2D eigenvalue weighted by molar-refractivity contribution is 0.103. The first-order valence-electron chi connectivity index (χ1n) is 44.8. The van der Waals surface area contributed by atoms with Gasteiger partial charge in [0.15, 0.2) is 11.6 Å². The highest BCUT2D eigenvalue weighted by Gasteiger charge is 2.37. The van der Waals surface area contributed by atoms with E-state index in [0.29, 0.717) is 56.4 Å². The number of aryl methyl sites for hydroxylation is 2. The largest absolute Gasteiger partial charge is 0.337 e. The van der Waals surface area contributed by atoms with E-state index < -0.39 is 0 Å². The number of nitrogens with zero attached hydrogens (tertiary/aromatic N) is 8. The molecule has 0 saturated heterocycles. The topological polar surface area (TPSA) is 165 Å². The molecular weight excluding hydrogens is 1550 g/mol. The third-order valence-corrected chi connectivity index (χ3v) is 31.8. The second-order valence-corrected chi connectivity index (χ2v) is 39.1. The first-order valence-corrected chi connectivity index (χ1v) is 50.6. The third-order valence-electron chi connectivity index (χ3n) is 24.6. The van der Waals surface area contributed by atoms with Gasteiger partial charge in [-0.1, -0.05) is 323 Å². The zero-order valence-corrected chi connectivity index (χ0v) is 75.4. The molecule has 17 heteroatoms. The van der Waals surface area contributed by atoms with Crippen LogP contribution in [0, 0.1) is 57.2 Å². The van der Waals surface area contributed by atoms with Crippen LogP contribution in [0.25, 0.3) is 95.4 Å². The molecule has 10 aromatic rings. The van der Waals surface area contributed by atoms with Gasteiger partial charge in [-0.15, -0.1) is 45.3 Å². The van der Waals surface area contributed by atoms with Crippen molar-refractivity contribution in [3.05, 3.63) is 111 Å². The number of ketones is 2. The maximum Gasteiger partial charge on any atom is 0.195 e. The number of unbranched alkanes of at least 4 members (excludes halogenated alkanes) is 32. The molecule has 2 aliphatic carbocycles. The third kappa shape index (κ3) is 20.4. The fraction of sp³-hybridized carbons (Fsp3) is 0.551. The second kappa shape index (κ2) is 44.8. The summed E-state index contributed by atoms with van der Waals surface area (Å²) in [5.74, 6) is 0.747. The fourth-order valence-corrected chi connectivity index (χ4v) is 26.4. The highest BCUT2D eigenvalue weighted by atomic mass is 32.1. The van der Waals surface area contributed by atoms with Crippen molar-refractivity contribution in [1.29, 1.82) is 21.0 Å². The van der Waals surface area contributed by atoms with Crippen molar-refractivity contribution in [1.82, 2.24) is 17.9 Å². The van der Waals surface area contributed by atoms with E-state index in [1.807, 2.05) is 91.2 Å². The number of thiophene rings is 6. The van der Waals surface area contributed by atoms with Crippen molar-refractivity contribution >= 4 is 187 Å². The Morgan fingerprint density at radius 3 is 1.01 bits per heavy atom. The molecular formula is C98H122N8O2S7. The molecule has 2 unspecified atom stereocenters. The van der Waals surface area contributed by atoms with Crippen LogP contribution in [-0.4, -0.2) is 29.4 Å². The van der Waals surface area contributed by atoms with E-state index in [0.717, 1.165) is 62.6 Å². The van der Waals surface area contributed by atoms with Gasteiger partial charge < -0.3 is 9.13 Å². The van der Waals surface area contributed by atoms with E-state index in [9.17, 15) is 30.6 Å². The average molecular weight is 1670 g/mol. The van der Waals surface area contributed by atoms with E-state index in [2.05, 4.69) is 87.1 Å². The van der Waals surface area contributed by atoms with Crippen molar-refractivity contribution < 1.29 is 9.59 Å². The summed E-state index contributed by atoms with van der Waals surface area (Å²) >= 11 is 12.0. The van der Waals surface area contributed by atoms with Crippen molar-refractivity contribution in [3.63, 3.8) is 0 Å². The van der Waals surface area contributed by atoms with Crippen LogP contribution >= 0.6 is 79.7 Å². The molecule has 9 heterocycles. The van der Waals surface area contributed by atoms with Crippen molar-refractivity contribution in [2.45, 2.75) is 337 Å². The minimum atomic E-state index is -0.139. The number of benzene rings is 1. The number of hydrogen-bond donors (Lipinski definition) is 0. The van der Waals surface area contributed by atoms with Gasteiger partial charge in [0.2, 0.25) is 0 Å². The Hall–Kier alpha value is -6.90. The van der Waals surface area contributed by atoms with Crippen LogP contribution in [0.3, 0.4) is 0 Å². The number of rotatable bonds is 52. The number of allylic oxidation sites excluding steroid dienone is 10. The van der Waals surface area contributed by atoms with E-state index >= 15 is 0 Å². The molecule has 608 valence electrons. The van der Waals surface area contributed by atoms with Crippen LogP contribution in [-0.2, 0) is 25.9 Å². The molecule has 0 radical (unpaired) electrons. The lowest BCUT2D eigenvalue weighted by atomic mass is 9.88. The van der Waals surface area contributed by atoms with E-state index in [1.54, 1.807) is 0 Å². The Labute approximate surface area is 713 Å². The van der Waals surface area contributed by atoms with Crippen LogP contribution in [0.5, 0.6) is 0 Å². The predicted octanol–water partition coefficient (Wildman–Crippen LogP) is 32.7. The average Bonchev–Trinajstić information content (AvgIpc) is 1.50. The zero-order chi connectivity index (χ0) is 80.4. The van der Waals surface area contributed by atoms with Gasteiger partial charge >= 0.3 is 0 Å². The number of nitriles is 4. The minimum Gasteiger partial charge on any atom is -0.337 e. The number of Topliss-reactive ketones (excluding diaryl/α,β-unsaturated/α-hetero) is 2. The maximum absolute atomic E-state index is 14.3. The van der Waals surface area contributed by atoms with Crippen LogP contribution in [0.1, 0.15) is 364 Å². The lowest BCUT2D eigenvalue weighted by Crippen LogP contribution is -2.06. The normalized spacial score (nSPS) is 14.4. The monoisotopic (exact) mass is 1670 g/mol. The number of carbonyl (C=O) groups is 2. The standard InChI is InChI=1S/C98H122N8O2S7/c1-7-13-19-25-29-31-32-34-38-44-56-106-88-84(96-90(106)98-94(114-96)74(58-68(48-40-24-18-12-6)50-42-36-28-22-16-10-4)80(112-98)54-46-52-72-82(70(61-101)62-102)76-64-110-66-78(76)92(72)108)86-85(103-115-104-86)83-87(88)105(55-43-37-33-30-26-20-14-8-2)89-95(83)113-93-73(57-67(47-39-23-17-11-5)49-41-35-27-21-15-9-3)79(111-97(89)93)53-45-51-71-81(69(59-99)60-100)75-63-109-65-77(75)91(71)107/h45-46,51-54,63-68H,7-44,47-50,55-58H2,1-6H3/b53-45+,54-46+,71-51-,72-52-. The Balaban J connectivity index is 1.09. The minimum absolute atomic E-state index is 0.0337. The quantitative estimate of drug-likeness (QED) is 0.0206. The molecule has 12 rings (SSSR count). The van der Waals surface area contributed by atoms with Crippen molar-refractivity contribution in [2.24, 2.45) is 11.8 Å². The first-order chi connectivity index (χ1) is 56.6. The molecule has 0 bridgehead atoms. The Morgan fingerprint density at radius 2 is 0.678 bits per heavy atom. The molecule has 9 aromatic heterocycles. The summed E-state index contributed by atoms with van der Waals surface area (Å²) < 4.78 is 24.6. The number of fused-ring (bicyclic) bond motifs is 16. The molecule has 0 amide bonds. The first kappa shape index (κ1) is 87.4. The molecule has 0 fully saturated rings. The van der Waals surface area contributed by atoms with Gasteiger partial charge in [-0.2, -0.15) is 52.5 Å². The SMILES string of the molecule is CCCCCCCCCCCCn1c2c3sc(/C=C/C=C4\C(=O)c5cscc5C4=C(C#N)C#N)c(CC(CCCCCC)CCCCCCCC)c3sc2c2c3nsnc3c3c4sc5c(CC(CCCCCC)CCCCCCCC)c(/C=C/C=C6\C(=O)c7cscc7C6=C(C#N)C#N)sc5c4n(CCCCCCCCCC)c3c21. The molecule has 10 nitrogen and oxygen atoms in total. The molecule has 2 atom stereocenters. The summed E-state index contributed by atoms with van der Waals surface area (Å²) in [7, 11) is 0. The zero-order valence-electron chi connectivity index (χ0n) is 69.7. The Morgan fingerprint density at radius 1 is 0.374 bits per heavy atom. The molecule has 0 saturated carbocycles. The van der Waals surface area contributed by atoms with Crippen LogP contribution < -0.4 is 0 Å².